The molecule has 0 aliphatic carbocycles. The van der Waals surface area contributed by atoms with Crippen LogP contribution in [0, 0.1) is 0 Å². The van der Waals surface area contributed by atoms with Gasteiger partial charge in [0.1, 0.15) is 11.6 Å². The van der Waals surface area contributed by atoms with Gasteiger partial charge in [-0.2, -0.15) is 0 Å². The summed E-state index contributed by atoms with van der Waals surface area (Å²) < 4.78 is 5.18. The standard InChI is InChI=1S/C11H14N2O4/c1-3-17-10-8(5-4-6-12-10)9(14)13-7(2)11(15)16/h4-7H,3H2,1-2H3,(H,13,14)(H,15,16)/t7-/m0/s1. The third-order valence-electron chi connectivity index (χ3n) is 2.01. The molecule has 0 saturated carbocycles. The summed E-state index contributed by atoms with van der Waals surface area (Å²) in [6.07, 6.45) is 1.50. The van der Waals surface area contributed by atoms with Gasteiger partial charge in [0.15, 0.2) is 0 Å². The highest BCUT2D eigenvalue weighted by atomic mass is 16.5. The predicted molar refractivity (Wildman–Crippen MR) is 60.0 cm³/mol. The zero-order valence-electron chi connectivity index (χ0n) is 9.64. The van der Waals surface area contributed by atoms with Crippen molar-refractivity contribution < 1.29 is 19.4 Å². The molecule has 0 radical (unpaired) electrons. The Hall–Kier alpha value is -2.11. The van der Waals surface area contributed by atoms with E-state index in [0.29, 0.717) is 6.61 Å². The molecular formula is C11H14N2O4. The maximum absolute atomic E-state index is 11.8. The number of rotatable bonds is 5. The van der Waals surface area contributed by atoms with Crippen molar-refractivity contribution in [3.8, 4) is 5.88 Å². The van der Waals surface area contributed by atoms with E-state index in [1.54, 1.807) is 13.0 Å². The number of carbonyl (C=O) groups excluding carboxylic acids is 1. The molecule has 1 aromatic heterocycles. The number of hydrogen-bond acceptors (Lipinski definition) is 4. The summed E-state index contributed by atoms with van der Waals surface area (Å²) in [5, 5.41) is 11.0. The molecular weight excluding hydrogens is 224 g/mol. The number of hydrogen-bond donors (Lipinski definition) is 2. The molecule has 92 valence electrons. The summed E-state index contributed by atoms with van der Waals surface area (Å²) in [6, 6.07) is 2.15. The second-order valence-electron chi connectivity index (χ2n) is 3.32. The van der Waals surface area contributed by atoms with Crippen LogP contribution in [0.3, 0.4) is 0 Å². The minimum Gasteiger partial charge on any atom is -0.480 e. The van der Waals surface area contributed by atoms with Crippen LogP contribution in [0.15, 0.2) is 18.3 Å². The smallest absolute Gasteiger partial charge is 0.325 e. The van der Waals surface area contributed by atoms with Gasteiger partial charge >= 0.3 is 5.97 Å². The van der Waals surface area contributed by atoms with Gasteiger partial charge in [0.2, 0.25) is 5.88 Å². The lowest BCUT2D eigenvalue weighted by Crippen LogP contribution is -2.38. The number of carbonyl (C=O) groups is 2. The largest absolute Gasteiger partial charge is 0.480 e. The number of carboxylic acid groups (broad SMARTS) is 1. The summed E-state index contributed by atoms with van der Waals surface area (Å²) >= 11 is 0. The summed E-state index contributed by atoms with van der Waals surface area (Å²) in [7, 11) is 0. The zero-order chi connectivity index (χ0) is 12.8. The summed E-state index contributed by atoms with van der Waals surface area (Å²) in [6.45, 7) is 3.54. The van der Waals surface area contributed by atoms with E-state index in [0.717, 1.165) is 0 Å². The number of pyridine rings is 1. The summed E-state index contributed by atoms with van der Waals surface area (Å²) in [4.78, 5) is 26.3. The average molecular weight is 238 g/mol. The fourth-order valence-corrected chi connectivity index (χ4v) is 1.15. The number of nitrogens with one attached hydrogen (secondary N) is 1. The number of ether oxygens (including phenoxy) is 1. The number of amides is 1. The van der Waals surface area contributed by atoms with E-state index < -0.39 is 17.9 Å². The molecule has 0 spiro atoms. The third-order valence-corrected chi connectivity index (χ3v) is 2.01. The Morgan fingerprint density at radius 1 is 1.59 bits per heavy atom. The van der Waals surface area contributed by atoms with Crippen molar-refractivity contribution in [2.24, 2.45) is 0 Å². The minimum atomic E-state index is -1.10. The van der Waals surface area contributed by atoms with Crippen molar-refractivity contribution in [2.75, 3.05) is 6.61 Å². The van der Waals surface area contributed by atoms with Crippen LogP contribution >= 0.6 is 0 Å². The second kappa shape index (κ2) is 5.83. The molecule has 6 nitrogen and oxygen atoms in total. The lowest BCUT2D eigenvalue weighted by Gasteiger charge is -2.11. The molecule has 0 unspecified atom stereocenters. The van der Waals surface area contributed by atoms with Gasteiger partial charge in [-0.25, -0.2) is 4.98 Å². The van der Waals surface area contributed by atoms with E-state index in [2.05, 4.69) is 10.3 Å². The molecule has 1 atom stereocenters. The molecule has 0 aliphatic rings. The van der Waals surface area contributed by atoms with Gasteiger partial charge in [-0.3, -0.25) is 9.59 Å². The predicted octanol–water partition coefficient (Wildman–Crippen LogP) is 0.683. The van der Waals surface area contributed by atoms with Crippen molar-refractivity contribution in [2.45, 2.75) is 19.9 Å². The van der Waals surface area contributed by atoms with Crippen LogP contribution in [0.5, 0.6) is 5.88 Å². The lowest BCUT2D eigenvalue weighted by atomic mass is 10.2. The van der Waals surface area contributed by atoms with Crippen molar-refractivity contribution in [1.82, 2.24) is 10.3 Å². The van der Waals surface area contributed by atoms with E-state index in [-0.39, 0.29) is 11.4 Å². The Morgan fingerprint density at radius 2 is 2.29 bits per heavy atom. The first-order chi connectivity index (χ1) is 8.06. The molecule has 0 bridgehead atoms. The molecule has 0 fully saturated rings. The molecule has 1 aromatic rings. The van der Waals surface area contributed by atoms with Crippen LogP contribution in [-0.2, 0) is 4.79 Å². The third kappa shape index (κ3) is 3.44. The average Bonchev–Trinajstić information content (AvgIpc) is 2.29. The maximum atomic E-state index is 11.8. The fraction of sp³-hybridized carbons (Fsp3) is 0.364. The van der Waals surface area contributed by atoms with E-state index >= 15 is 0 Å². The molecule has 1 amide bonds. The van der Waals surface area contributed by atoms with Gasteiger partial charge in [0.05, 0.1) is 6.61 Å². The van der Waals surface area contributed by atoms with Gasteiger partial charge < -0.3 is 15.2 Å². The van der Waals surface area contributed by atoms with E-state index in [1.165, 1.54) is 19.2 Å². The van der Waals surface area contributed by atoms with E-state index in [4.69, 9.17) is 9.84 Å². The molecule has 17 heavy (non-hydrogen) atoms. The Kier molecular flexibility index (Phi) is 4.45. The zero-order valence-corrected chi connectivity index (χ0v) is 9.64. The van der Waals surface area contributed by atoms with Crippen LogP contribution in [0.4, 0.5) is 0 Å². The van der Waals surface area contributed by atoms with Gasteiger partial charge in [-0.05, 0) is 26.0 Å². The summed E-state index contributed by atoms with van der Waals surface area (Å²) in [5.74, 6) is -1.42. The van der Waals surface area contributed by atoms with Crippen LogP contribution < -0.4 is 10.1 Å². The summed E-state index contributed by atoms with van der Waals surface area (Å²) in [5.41, 5.74) is 0.224. The first-order valence-electron chi connectivity index (χ1n) is 5.17. The first kappa shape index (κ1) is 13.0. The minimum absolute atomic E-state index is 0.199. The topological polar surface area (TPSA) is 88.5 Å². The molecule has 0 aliphatic heterocycles. The quantitative estimate of drug-likeness (QED) is 0.787. The van der Waals surface area contributed by atoms with Crippen LogP contribution in [-0.4, -0.2) is 34.6 Å². The van der Waals surface area contributed by atoms with Crippen molar-refractivity contribution in [3.05, 3.63) is 23.9 Å². The van der Waals surface area contributed by atoms with Crippen LogP contribution in [0.25, 0.3) is 0 Å². The number of nitrogens with zero attached hydrogens (tertiary/aromatic N) is 1. The van der Waals surface area contributed by atoms with Gasteiger partial charge in [-0.1, -0.05) is 0 Å². The lowest BCUT2D eigenvalue weighted by molar-refractivity contribution is -0.138. The highest BCUT2D eigenvalue weighted by molar-refractivity contribution is 5.98. The molecule has 0 saturated heterocycles. The van der Waals surface area contributed by atoms with Crippen LogP contribution in [0.1, 0.15) is 24.2 Å². The first-order valence-corrected chi connectivity index (χ1v) is 5.17. The Labute approximate surface area is 98.6 Å². The highest BCUT2D eigenvalue weighted by Crippen LogP contribution is 2.14. The normalized spacial score (nSPS) is 11.6. The number of aromatic nitrogens is 1. The Bertz CT molecular complexity index is 420. The van der Waals surface area contributed by atoms with Crippen molar-refractivity contribution in [1.29, 1.82) is 0 Å². The molecule has 2 N–H and O–H groups in total. The highest BCUT2D eigenvalue weighted by Gasteiger charge is 2.18. The monoisotopic (exact) mass is 238 g/mol. The van der Waals surface area contributed by atoms with Crippen molar-refractivity contribution in [3.63, 3.8) is 0 Å². The Morgan fingerprint density at radius 3 is 2.88 bits per heavy atom. The fourth-order valence-electron chi connectivity index (χ4n) is 1.15. The van der Waals surface area contributed by atoms with Gasteiger partial charge in [0.25, 0.3) is 5.91 Å². The second-order valence-corrected chi connectivity index (χ2v) is 3.32. The molecule has 1 heterocycles. The SMILES string of the molecule is CCOc1ncccc1C(=O)N[C@@H](C)C(=O)O. The Balaban J connectivity index is 2.84. The van der Waals surface area contributed by atoms with E-state index in [9.17, 15) is 9.59 Å². The van der Waals surface area contributed by atoms with E-state index in [1.807, 2.05) is 0 Å². The molecule has 1 rings (SSSR count). The van der Waals surface area contributed by atoms with Gasteiger partial charge in [0, 0.05) is 6.20 Å². The molecule has 0 aromatic carbocycles. The van der Waals surface area contributed by atoms with Crippen molar-refractivity contribution >= 4 is 11.9 Å². The maximum Gasteiger partial charge on any atom is 0.325 e. The number of aliphatic carboxylic acids is 1. The van der Waals surface area contributed by atoms with Gasteiger partial charge in [-0.15, -0.1) is 0 Å². The van der Waals surface area contributed by atoms with Crippen LogP contribution in [0.2, 0.25) is 0 Å². The molecule has 6 heteroatoms. The number of carboxylic acids is 1.